The third kappa shape index (κ3) is 3.67. The molecule has 0 aliphatic rings. The number of hydrogen-bond donors (Lipinski definition) is 0. The highest BCUT2D eigenvalue weighted by Gasteiger charge is 2.00. The number of carbonyl (C=O) groups excluding carboxylic acids is 1. The number of carbonyl (C=O) groups is 1. The highest BCUT2D eigenvalue weighted by molar-refractivity contribution is 7.88. The number of aryl methyl sites for hydroxylation is 1. The molecule has 1 aromatic carbocycles. The van der Waals surface area contributed by atoms with E-state index in [0.29, 0.717) is 4.90 Å². The van der Waals surface area contributed by atoms with Crippen LogP contribution in [-0.4, -0.2) is 17.3 Å². The van der Waals surface area contributed by atoms with Crippen molar-refractivity contribution in [1.29, 1.82) is 0 Å². The SMILES string of the molecule is COC(=O)/C=C/[S@](=O)c1ccc(C)cc1. The van der Waals surface area contributed by atoms with Crippen molar-refractivity contribution in [2.24, 2.45) is 0 Å². The molecule has 0 saturated carbocycles. The molecular weight excluding hydrogens is 212 g/mol. The molecule has 0 spiro atoms. The standard InChI is InChI=1S/C11H12O3S/c1-9-3-5-10(6-4-9)15(13)8-7-11(12)14-2/h3-8H,1-2H3/b8-7+/t15-/m0/s1. The van der Waals surface area contributed by atoms with Gasteiger partial charge in [0.1, 0.15) is 0 Å². The fourth-order valence-electron chi connectivity index (χ4n) is 0.936. The van der Waals surface area contributed by atoms with E-state index in [1.807, 2.05) is 19.1 Å². The lowest BCUT2D eigenvalue weighted by atomic mass is 10.2. The van der Waals surface area contributed by atoms with Crippen LogP contribution in [0, 0.1) is 6.92 Å². The van der Waals surface area contributed by atoms with Crippen LogP contribution in [0.15, 0.2) is 40.6 Å². The maximum Gasteiger partial charge on any atom is 0.331 e. The zero-order valence-electron chi connectivity index (χ0n) is 8.60. The first kappa shape index (κ1) is 11.7. The second kappa shape index (κ2) is 5.46. The zero-order chi connectivity index (χ0) is 11.3. The molecule has 80 valence electrons. The van der Waals surface area contributed by atoms with Crippen LogP contribution in [0.3, 0.4) is 0 Å². The van der Waals surface area contributed by atoms with E-state index in [0.717, 1.165) is 11.6 Å². The number of rotatable bonds is 3. The van der Waals surface area contributed by atoms with E-state index in [1.54, 1.807) is 12.1 Å². The highest BCUT2D eigenvalue weighted by Crippen LogP contribution is 2.09. The van der Waals surface area contributed by atoms with E-state index in [2.05, 4.69) is 4.74 Å². The average Bonchev–Trinajstić information content (AvgIpc) is 2.26. The largest absolute Gasteiger partial charge is 0.466 e. The van der Waals surface area contributed by atoms with Gasteiger partial charge in [0, 0.05) is 16.4 Å². The highest BCUT2D eigenvalue weighted by atomic mass is 32.2. The minimum absolute atomic E-state index is 0.504. The van der Waals surface area contributed by atoms with Crippen LogP contribution >= 0.6 is 0 Å². The van der Waals surface area contributed by atoms with Gasteiger partial charge in [-0.15, -0.1) is 0 Å². The lowest BCUT2D eigenvalue weighted by molar-refractivity contribution is -0.134. The quantitative estimate of drug-likeness (QED) is 0.580. The maximum atomic E-state index is 11.6. The van der Waals surface area contributed by atoms with Crippen LogP contribution in [0.1, 0.15) is 5.56 Å². The molecule has 0 aliphatic heterocycles. The molecule has 0 amide bonds. The second-order valence-corrected chi connectivity index (χ2v) is 4.27. The smallest absolute Gasteiger partial charge is 0.331 e. The summed E-state index contributed by atoms with van der Waals surface area (Å²) < 4.78 is 16.0. The molecule has 0 fully saturated rings. The van der Waals surface area contributed by atoms with E-state index >= 15 is 0 Å². The summed E-state index contributed by atoms with van der Waals surface area (Å²) in [4.78, 5) is 11.4. The summed E-state index contributed by atoms with van der Waals surface area (Å²) in [7, 11) is -0.0160. The molecule has 3 nitrogen and oxygen atoms in total. The van der Waals surface area contributed by atoms with Gasteiger partial charge in [0.05, 0.1) is 17.9 Å². The zero-order valence-corrected chi connectivity index (χ0v) is 9.41. The summed E-state index contributed by atoms with van der Waals surface area (Å²) in [6.07, 6.45) is 1.16. The monoisotopic (exact) mass is 224 g/mol. The molecule has 0 aromatic heterocycles. The second-order valence-electron chi connectivity index (χ2n) is 2.94. The number of methoxy groups -OCH3 is 1. The van der Waals surface area contributed by atoms with Crippen LogP contribution in [0.4, 0.5) is 0 Å². The lowest BCUT2D eigenvalue weighted by Crippen LogP contribution is -1.95. The Balaban J connectivity index is 2.73. The Morgan fingerprint density at radius 1 is 1.33 bits per heavy atom. The van der Waals surface area contributed by atoms with Crippen LogP contribution in [0.25, 0.3) is 0 Å². The molecule has 0 radical (unpaired) electrons. The fraction of sp³-hybridized carbons (Fsp3) is 0.182. The molecule has 0 unspecified atom stereocenters. The van der Waals surface area contributed by atoms with E-state index in [4.69, 9.17) is 0 Å². The Morgan fingerprint density at radius 3 is 2.47 bits per heavy atom. The predicted molar refractivity (Wildman–Crippen MR) is 58.7 cm³/mol. The topological polar surface area (TPSA) is 43.4 Å². The van der Waals surface area contributed by atoms with Crippen molar-refractivity contribution >= 4 is 16.8 Å². The van der Waals surface area contributed by atoms with Gasteiger partial charge in [0.2, 0.25) is 0 Å². The lowest BCUT2D eigenvalue weighted by Gasteiger charge is -1.97. The molecule has 1 atom stereocenters. The summed E-state index contributed by atoms with van der Waals surface area (Å²) in [5.74, 6) is -0.504. The summed E-state index contributed by atoms with van der Waals surface area (Å²) in [6.45, 7) is 1.96. The van der Waals surface area contributed by atoms with Crippen molar-refractivity contribution in [2.75, 3.05) is 7.11 Å². The Kier molecular flexibility index (Phi) is 4.24. The first-order valence-electron chi connectivity index (χ1n) is 4.37. The molecule has 4 heteroatoms. The van der Waals surface area contributed by atoms with Gasteiger partial charge in [0.25, 0.3) is 0 Å². The van der Waals surface area contributed by atoms with Crippen LogP contribution < -0.4 is 0 Å². The molecule has 0 heterocycles. The Bertz CT molecular complexity index is 393. The van der Waals surface area contributed by atoms with Crippen LogP contribution in [-0.2, 0) is 20.3 Å². The average molecular weight is 224 g/mol. The molecule has 0 bridgehead atoms. The molecular formula is C11H12O3S. The van der Waals surface area contributed by atoms with Gasteiger partial charge >= 0.3 is 5.97 Å². The third-order valence-corrected chi connectivity index (χ3v) is 2.90. The molecule has 1 rings (SSSR count). The Hall–Kier alpha value is -1.42. The Labute approximate surface area is 91.2 Å². The van der Waals surface area contributed by atoms with Crippen molar-refractivity contribution in [3.63, 3.8) is 0 Å². The van der Waals surface area contributed by atoms with E-state index in [9.17, 15) is 9.00 Å². The predicted octanol–water partition coefficient (Wildman–Crippen LogP) is 1.79. The minimum Gasteiger partial charge on any atom is -0.466 e. The summed E-state index contributed by atoms with van der Waals surface area (Å²) >= 11 is 0. The fourth-order valence-corrected chi connectivity index (χ4v) is 1.73. The van der Waals surface area contributed by atoms with Gasteiger partial charge in [-0.3, -0.25) is 0 Å². The Morgan fingerprint density at radius 2 is 1.93 bits per heavy atom. The van der Waals surface area contributed by atoms with Crippen molar-refractivity contribution in [2.45, 2.75) is 11.8 Å². The van der Waals surface area contributed by atoms with Crippen molar-refractivity contribution in [1.82, 2.24) is 0 Å². The number of esters is 1. The van der Waals surface area contributed by atoms with Crippen molar-refractivity contribution < 1.29 is 13.7 Å². The van der Waals surface area contributed by atoms with Crippen molar-refractivity contribution in [3.05, 3.63) is 41.3 Å². The normalized spacial score (nSPS) is 12.7. The maximum absolute atomic E-state index is 11.6. The molecule has 1 aromatic rings. The number of ether oxygens (including phenoxy) is 1. The van der Waals surface area contributed by atoms with Gasteiger partial charge in [-0.25, -0.2) is 9.00 Å². The van der Waals surface area contributed by atoms with Gasteiger partial charge in [0.15, 0.2) is 0 Å². The molecule has 15 heavy (non-hydrogen) atoms. The van der Waals surface area contributed by atoms with Crippen LogP contribution in [0.5, 0.6) is 0 Å². The third-order valence-electron chi connectivity index (χ3n) is 1.78. The number of hydrogen-bond acceptors (Lipinski definition) is 3. The first-order valence-corrected chi connectivity index (χ1v) is 5.58. The number of benzene rings is 1. The van der Waals surface area contributed by atoms with Gasteiger partial charge in [-0.1, -0.05) is 17.7 Å². The summed E-state index contributed by atoms with van der Waals surface area (Å²) in [5, 5.41) is 1.32. The van der Waals surface area contributed by atoms with E-state index < -0.39 is 16.8 Å². The van der Waals surface area contributed by atoms with Gasteiger partial charge in [-0.2, -0.15) is 0 Å². The molecule has 0 saturated heterocycles. The summed E-state index contributed by atoms with van der Waals surface area (Å²) in [5.41, 5.74) is 1.10. The van der Waals surface area contributed by atoms with E-state index in [1.165, 1.54) is 12.5 Å². The summed E-state index contributed by atoms with van der Waals surface area (Å²) in [6, 6.07) is 7.29. The van der Waals surface area contributed by atoms with Crippen LogP contribution in [0.2, 0.25) is 0 Å². The van der Waals surface area contributed by atoms with Gasteiger partial charge < -0.3 is 4.74 Å². The minimum atomic E-state index is -1.30. The van der Waals surface area contributed by atoms with Crippen molar-refractivity contribution in [3.8, 4) is 0 Å². The molecule has 0 N–H and O–H groups in total. The van der Waals surface area contributed by atoms with E-state index in [-0.39, 0.29) is 0 Å². The van der Waals surface area contributed by atoms with Gasteiger partial charge in [-0.05, 0) is 19.1 Å². The first-order chi connectivity index (χ1) is 7.13. The molecule has 0 aliphatic carbocycles.